The molecule has 0 saturated heterocycles. The predicted molar refractivity (Wildman–Crippen MR) is 154 cm³/mol. The van der Waals surface area contributed by atoms with Crippen LogP contribution in [0.5, 0.6) is 5.75 Å². The first kappa shape index (κ1) is 29.3. The lowest BCUT2D eigenvalue weighted by molar-refractivity contribution is -0.138. The van der Waals surface area contributed by atoms with Gasteiger partial charge in [0, 0.05) is 17.1 Å². The van der Waals surface area contributed by atoms with E-state index in [1.807, 2.05) is 36.9 Å². The smallest absolute Gasteiger partial charge is 0.346 e. The Labute approximate surface area is 232 Å². The van der Waals surface area contributed by atoms with Gasteiger partial charge in [-0.1, -0.05) is 62.4 Å². The minimum absolute atomic E-state index is 0.0434. The number of nitrogens with zero attached hydrogens (tertiary/aromatic N) is 1. The van der Waals surface area contributed by atoms with Crippen LogP contribution in [0.15, 0.2) is 32.2 Å². The van der Waals surface area contributed by atoms with Crippen LogP contribution in [0.1, 0.15) is 58.9 Å². The molecule has 37 heavy (non-hydrogen) atoms. The lowest BCUT2D eigenvalue weighted by Gasteiger charge is -2.46. The highest BCUT2D eigenvalue weighted by atomic mass is 32.2. The third kappa shape index (κ3) is 5.47. The van der Waals surface area contributed by atoms with Crippen LogP contribution < -0.4 is 9.64 Å². The van der Waals surface area contributed by atoms with E-state index in [9.17, 15) is 14.4 Å². The molecule has 0 spiro atoms. The largest absolute Gasteiger partial charge is 0.497 e. The molecule has 0 bridgehead atoms. The van der Waals surface area contributed by atoms with E-state index in [2.05, 4.69) is 13.8 Å². The van der Waals surface area contributed by atoms with Crippen molar-refractivity contribution in [2.45, 2.75) is 58.9 Å². The highest BCUT2D eigenvalue weighted by Crippen LogP contribution is 2.56. The summed E-state index contributed by atoms with van der Waals surface area (Å²) in [4.78, 5) is 41.7. The number of amides is 1. The number of benzene rings is 1. The zero-order chi connectivity index (χ0) is 27.5. The Balaban J connectivity index is 2.25. The highest BCUT2D eigenvalue weighted by Gasteiger charge is 2.47. The minimum atomic E-state index is -0.837. The van der Waals surface area contributed by atoms with E-state index >= 15 is 0 Å². The van der Waals surface area contributed by atoms with Crippen LogP contribution in [0.3, 0.4) is 0 Å². The molecule has 10 heteroatoms. The van der Waals surface area contributed by atoms with Gasteiger partial charge in [0.15, 0.2) is 0 Å². The quantitative estimate of drug-likeness (QED) is 0.211. The maximum Gasteiger partial charge on any atom is 0.346 e. The molecule has 0 atom stereocenters. The van der Waals surface area contributed by atoms with Gasteiger partial charge in [-0.25, -0.2) is 9.59 Å². The number of hydrogen-bond acceptors (Lipinski definition) is 9. The molecule has 0 aromatic heterocycles. The summed E-state index contributed by atoms with van der Waals surface area (Å²) < 4.78 is 16.0. The lowest BCUT2D eigenvalue weighted by atomic mass is 9.81. The van der Waals surface area contributed by atoms with E-state index in [4.69, 9.17) is 26.4 Å². The van der Waals surface area contributed by atoms with Crippen LogP contribution in [-0.4, -0.2) is 49.6 Å². The molecule has 0 radical (unpaired) electrons. The fourth-order valence-corrected chi connectivity index (χ4v) is 7.62. The Hall–Kier alpha value is -2.30. The number of fused-ring (bicyclic) bond motifs is 1. The van der Waals surface area contributed by atoms with Crippen molar-refractivity contribution in [3.05, 3.63) is 37.8 Å². The number of thiocarbonyl (C=S) groups is 1. The molecule has 200 valence electrons. The first-order valence-corrected chi connectivity index (χ1v) is 14.2. The summed E-state index contributed by atoms with van der Waals surface area (Å²) in [5.74, 6) is -0.720. The first-order valence-electron chi connectivity index (χ1n) is 12.1. The third-order valence-electron chi connectivity index (χ3n) is 6.44. The van der Waals surface area contributed by atoms with Crippen LogP contribution in [0, 0.1) is 5.92 Å². The number of esters is 2. The second-order valence-electron chi connectivity index (χ2n) is 9.23. The Morgan fingerprint density at radius 2 is 1.51 bits per heavy atom. The van der Waals surface area contributed by atoms with Gasteiger partial charge in [0.25, 0.3) is 0 Å². The standard InChI is InChI=1S/C27H33NO6S3/c1-8-10-15(11-9-2)23(29)28-18-13-12-16(32-5)14-17(18)19(22(35)27(28,3)4)26-36-20(24(30)33-6)21(37-26)25(31)34-7/h12-15H,8-11H2,1-7H3. The van der Waals surface area contributed by atoms with Gasteiger partial charge in [-0.3, -0.25) is 4.79 Å². The van der Waals surface area contributed by atoms with Crippen molar-refractivity contribution in [3.8, 4) is 5.75 Å². The monoisotopic (exact) mass is 563 g/mol. The minimum Gasteiger partial charge on any atom is -0.497 e. The normalized spacial score (nSPS) is 16.8. The Kier molecular flexibility index (Phi) is 9.52. The maximum atomic E-state index is 14.0. The fourth-order valence-electron chi connectivity index (χ4n) is 4.59. The van der Waals surface area contributed by atoms with Crippen molar-refractivity contribution < 1.29 is 28.6 Å². The molecule has 0 saturated carbocycles. The number of anilines is 1. The summed E-state index contributed by atoms with van der Waals surface area (Å²) >= 11 is 8.32. The molecule has 0 aliphatic carbocycles. The van der Waals surface area contributed by atoms with Crippen molar-refractivity contribution in [1.82, 2.24) is 0 Å². The third-order valence-corrected chi connectivity index (χ3v) is 9.70. The molecule has 0 fully saturated rings. The van der Waals surface area contributed by atoms with Crippen LogP contribution in [0.4, 0.5) is 5.69 Å². The van der Waals surface area contributed by atoms with E-state index in [-0.39, 0.29) is 21.6 Å². The van der Waals surface area contributed by atoms with Gasteiger partial charge in [-0.05, 0) is 44.9 Å². The molecular formula is C27H33NO6S3. The Morgan fingerprint density at radius 3 is 1.97 bits per heavy atom. The van der Waals surface area contributed by atoms with Gasteiger partial charge in [0.05, 0.1) is 41.7 Å². The summed E-state index contributed by atoms with van der Waals surface area (Å²) in [6, 6.07) is 5.56. The second kappa shape index (κ2) is 12.0. The first-order chi connectivity index (χ1) is 17.6. The zero-order valence-corrected chi connectivity index (χ0v) is 24.7. The van der Waals surface area contributed by atoms with Crippen LogP contribution in [0.25, 0.3) is 5.57 Å². The average molecular weight is 564 g/mol. The summed E-state index contributed by atoms with van der Waals surface area (Å²) in [6.07, 6.45) is 3.41. The summed E-state index contributed by atoms with van der Waals surface area (Å²) in [7, 11) is 4.11. The van der Waals surface area contributed by atoms with Gasteiger partial charge >= 0.3 is 11.9 Å². The van der Waals surface area contributed by atoms with Crippen molar-refractivity contribution >= 4 is 69.7 Å². The molecule has 0 unspecified atom stereocenters. The fraction of sp³-hybridized carbons (Fsp3) is 0.481. The van der Waals surface area contributed by atoms with Crippen LogP contribution >= 0.6 is 35.7 Å². The number of thioether (sulfide) groups is 2. The molecule has 2 aliphatic heterocycles. The molecule has 2 heterocycles. The second-order valence-corrected chi connectivity index (χ2v) is 11.9. The number of methoxy groups -OCH3 is 3. The topological polar surface area (TPSA) is 82.1 Å². The van der Waals surface area contributed by atoms with Crippen LogP contribution in [-0.2, 0) is 23.9 Å². The predicted octanol–water partition coefficient (Wildman–Crippen LogP) is 6.11. The van der Waals surface area contributed by atoms with E-state index in [1.54, 1.807) is 7.11 Å². The molecule has 1 aromatic carbocycles. The Morgan fingerprint density at radius 1 is 0.973 bits per heavy atom. The Bertz CT molecular complexity index is 1150. The molecule has 1 amide bonds. The van der Waals surface area contributed by atoms with Gasteiger partial charge in [0.1, 0.15) is 15.6 Å². The number of carbonyl (C=O) groups is 3. The highest BCUT2D eigenvalue weighted by molar-refractivity contribution is 8.29. The number of rotatable bonds is 8. The molecule has 0 N–H and O–H groups in total. The lowest BCUT2D eigenvalue weighted by Crippen LogP contribution is -2.57. The van der Waals surface area contributed by atoms with E-state index < -0.39 is 17.5 Å². The van der Waals surface area contributed by atoms with Gasteiger partial charge in [0.2, 0.25) is 5.91 Å². The van der Waals surface area contributed by atoms with Crippen molar-refractivity contribution in [3.63, 3.8) is 0 Å². The average Bonchev–Trinajstić information content (AvgIpc) is 3.32. The van der Waals surface area contributed by atoms with Gasteiger partial charge in [-0.15, -0.1) is 0 Å². The van der Waals surface area contributed by atoms with E-state index in [1.165, 1.54) is 14.2 Å². The molecule has 1 aromatic rings. The SMILES string of the molecule is CCCC(CCC)C(=O)N1c2ccc(OC)cc2C(=C2SC(C(=O)OC)=C(C(=O)OC)S2)C(=S)C1(C)C. The molecule has 7 nitrogen and oxygen atoms in total. The molecular weight excluding hydrogens is 530 g/mol. The maximum absolute atomic E-state index is 14.0. The molecule has 3 rings (SSSR count). The summed E-state index contributed by atoms with van der Waals surface area (Å²) in [5, 5.41) is 0. The number of carbonyl (C=O) groups excluding carboxylic acids is 3. The van der Waals surface area contributed by atoms with Gasteiger partial charge in [-0.2, -0.15) is 0 Å². The summed E-state index contributed by atoms with van der Waals surface area (Å²) in [6.45, 7) is 8.05. The van der Waals surface area contributed by atoms with E-state index in [0.717, 1.165) is 54.9 Å². The zero-order valence-electron chi connectivity index (χ0n) is 22.3. The summed E-state index contributed by atoms with van der Waals surface area (Å²) in [5.41, 5.74) is 1.29. The van der Waals surface area contributed by atoms with Gasteiger partial charge < -0.3 is 19.1 Å². The van der Waals surface area contributed by atoms with E-state index in [0.29, 0.717) is 26.0 Å². The number of ether oxygens (including phenoxy) is 3. The van der Waals surface area contributed by atoms with Crippen molar-refractivity contribution in [2.75, 3.05) is 26.2 Å². The van der Waals surface area contributed by atoms with Crippen LogP contribution in [0.2, 0.25) is 0 Å². The molecule has 2 aliphatic rings. The van der Waals surface area contributed by atoms with Crippen molar-refractivity contribution in [2.24, 2.45) is 5.92 Å². The number of hydrogen-bond donors (Lipinski definition) is 0. The van der Waals surface area contributed by atoms with Crippen molar-refractivity contribution in [1.29, 1.82) is 0 Å².